The van der Waals surface area contributed by atoms with E-state index in [1.54, 1.807) is 19.1 Å². The van der Waals surface area contributed by atoms with Crippen molar-refractivity contribution in [2.24, 2.45) is 0 Å². The van der Waals surface area contributed by atoms with Crippen molar-refractivity contribution in [3.63, 3.8) is 0 Å². The summed E-state index contributed by atoms with van der Waals surface area (Å²) in [5, 5.41) is 0. The lowest BCUT2D eigenvalue weighted by Crippen LogP contribution is -2.06. The fourth-order valence-electron chi connectivity index (χ4n) is 1.79. The van der Waals surface area contributed by atoms with E-state index < -0.39 is 0 Å². The highest BCUT2D eigenvalue weighted by Crippen LogP contribution is 2.07. The molecule has 0 atom stereocenters. The van der Waals surface area contributed by atoms with Gasteiger partial charge in [0.1, 0.15) is 0 Å². The van der Waals surface area contributed by atoms with Gasteiger partial charge in [-0.3, -0.25) is 0 Å². The first-order valence-electron chi connectivity index (χ1n) is 6.98. The third kappa shape index (κ3) is 6.10. The maximum absolute atomic E-state index is 11.7. The summed E-state index contributed by atoms with van der Waals surface area (Å²) >= 11 is 0. The van der Waals surface area contributed by atoms with Gasteiger partial charge in [-0.05, 0) is 37.6 Å². The standard InChI is InChI=1S/C17H22O2/c1-3-5-6-7-8-14-19-17(18)16-12-10-15(9-4-2)11-13-16/h10-13H,3,5-8,14H2,1-2H3. The molecule has 1 aromatic rings. The summed E-state index contributed by atoms with van der Waals surface area (Å²) in [4.78, 5) is 11.7. The van der Waals surface area contributed by atoms with Gasteiger partial charge < -0.3 is 4.74 Å². The largest absolute Gasteiger partial charge is 0.462 e. The van der Waals surface area contributed by atoms with Crippen molar-refractivity contribution >= 4 is 5.97 Å². The van der Waals surface area contributed by atoms with Gasteiger partial charge in [-0.25, -0.2) is 4.79 Å². The summed E-state index contributed by atoms with van der Waals surface area (Å²) in [6.45, 7) is 4.49. The van der Waals surface area contributed by atoms with E-state index in [0.717, 1.165) is 18.4 Å². The molecule has 0 bridgehead atoms. The van der Waals surface area contributed by atoms with E-state index in [1.807, 2.05) is 12.1 Å². The lowest BCUT2D eigenvalue weighted by molar-refractivity contribution is 0.0497. The van der Waals surface area contributed by atoms with Gasteiger partial charge in [0.15, 0.2) is 0 Å². The Hall–Kier alpha value is -1.75. The SMILES string of the molecule is CC#Cc1ccc(C(=O)OCCCCCCC)cc1. The highest BCUT2D eigenvalue weighted by molar-refractivity contribution is 5.89. The topological polar surface area (TPSA) is 26.3 Å². The van der Waals surface area contributed by atoms with Gasteiger partial charge in [-0.1, -0.05) is 38.5 Å². The van der Waals surface area contributed by atoms with Crippen molar-refractivity contribution in [3.05, 3.63) is 35.4 Å². The third-order valence-corrected chi connectivity index (χ3v) is 2.87. The lowest BCUT2D eigenvalue weighted by atomic mass is 10.1. The van der Waals surface area contributed by atoms with Crippen LogP contribution >= 0.6 is 0 Å². The van der Waals surface area contributed by atoms with Crippen LogP contribution in [0.25, 0.3) is 0 Å². The molecule has 1 aromatic carbocycles. The molecule has 0 aliphatic carbocycles. The quantitative estimate of drug-likeness (QED) is 0.416. The molecule has 0 fully saturated rings. The first kappa shape index (κ1) is 15.3. The maximum atomic E-state index is 11.7. The minimum absolute atomic E-state index is 0.244. The molecule has 2 heteroatoms. The van der Waals surface area contributed by atoms with Gasteiger partial charge >= 0.3 is 5.97 Å². The average Bonchev–Trinajstić information content (AvgIpc) is 2.43. The summed E-state index contributed by atoms with van der Waals surface area (Å²) in [6.07, 6.45) is 5.79. The van der Waals surface area contributed by atoms with E-state index in [2.05, 4.69) is 18.8 Å². The van der Waals surface area contributed by atoms with E-state index >= 15 is 0 Å². The van der Waals surface area contributed by atoms with E-state index in [0.29, 0.717) is 12.2 Å². The Morgan fingerprint density at radius 2 is 1.79 bits per heavy atom. The summed E-state index contributed by atoms with van der Waals surface area (Å²) in [5.74, 6) is 5.52. The van der Waals surface area contributed by atoms with Crippen LogP contribution in [0.2, 0.25) is 0 Å². The summed E-state index contributed by atoms with van der Waals surface area (Å²) in [6, 6.07) is 7.21. The Balaban J connectivity index is 2.30. The highest BCUT2D eigenvalue weighted by atomic mass is 16.5. The predicted molar refractivity (Wildman–Crippen MR) is 78.0 cm³/mol. The fourth-order valence-corrected chi connectivity index (χ4v) is 1.79. The second-order valence-corrected chi connectivity index (χ2v) is 4.50. The Kier molecular flexibility index (Phi) is 7.43. The van der Waals surface area contributed by atoms with Crippen molar-refractivity contribution in [1.29, 1.82) is 0 Å². The summed E-state index contributed by atoms with van der Waals surface area (Å²) in [5.41, 5.74) is 1.51. The molecule has 0 unspecified atom stereocenters. The van der Waals surface area contributed by atoms with Crippen LogP contribution in [0, 0.1) is 11.8 Å². The van der Waals surface area contributed by atoms with E-state index in [9.17, 15) is 4.79 Å². The first-order valence-corrected chi connectivity index (χ1v) is 6.98. The van der Waals surface area contributed by atoms with Gasteiger partial charge in [0.05, 0.1) is 12.2 Å². The number of hydrogen-bond donors (Lipinski definition) is 0. The predicted octanol–water partition coefficient (Wildman–Crippen LogP) is 4.19. The Morgan fingerprint density at radius 3 is 2.42 bits per heavy atom. The zero-order valence-corrected chi connectivity index (χ0v) is 11.9. The van der Waals surface area contributed by atoms with Gasteiger partial charge in [-0.2, -0.15) is 0 Å². The van der Waals surface area contributed by atoms with E-state index in [-0.39, 0.29) is 5.97 Å². The Morgan fingerprint density at radius 1 is 1.11 bits per heavy atom. The molecule has 0 aliphatic heterocycles. The number of hydrogen-bond acceptors (Lipinski definition) is 2. The zero-order chi connectivity index (χ0) is 13.9. The molecular weight excluding hydrogens is 236 g/mol. The molecule has 0 amide bonds. The normalized spacial score (nSPS) is 9.58. The van der Waals surface area contributed by atoms with Crippen LogP contribution in [0.5, 0.6) is 0 Å². The smallest absolute Gasteiger partial charge is 0.338 e. The van der Waals surface area contributed by atoms with E-state index in [4.69, 9.17) is 4.74 Å². The molecule has 0 saturated carbocycles. The number of unbranched alkanes of at least 4 members (excludes halogenated alkanes) is 4. The van der Waals surface area contributed by atoms with Crippen LogP contribution in [0.4, 0.5) is 0 Å². The number of carbonyl (C=O) groups is 1. The van der Waals surface area contributed by atoms with Crippen molar-refractivity contribution in [3.8, 4) is 11.8 Å². The molecule has 102 valence electrons. The summed E-state index contributed by atoms with van der Waals surface area (Å²) in [7, 11) is 0. The second kappa shape index (κ2) is 9.22. The number of carbonyl (C=O) groups excluding carboxylic acids is 1. The molecule has 0 radical (unpaired) electrons. The van der Waals surface area contributed by atoms with Crippen LogP contribution in [-0.2, 0) is 4.74 Å². The zero-order valence-electron chi connectivity index (χ0n) is 11.9. The van der Waals surface area contributed by atoms with Crippen molar-refractivity contribution in [2.45, 2.75) is 46.0 Å². The fraction of sp³-hybridized carbons (Fsp3) is 0.471. The molecule has 0 N–H and O–H groups in total. The number of esters is 1. The van der Waals surface area contributed by atoms with Gasteiger partial charge in [-0.15, -0.1) is 5.92 Å². The minimum Gasteiger partial charge on any atom is -0.462 e. The molecule has 0 aliphatic rings. The second-order valence-electron chi connectivity index (χ2n) is 4.50. The molecule has 0 spiro atoms. The van der Waals surface area contributed by atoms with Crippen LogP contribution in [0.3, 0.4) is 0 Å². The van der Waals surface area contributed by atoms with Crippen molar-refractivity contribution in [1.82, 2.24) is 0 Å². The minimum atomic E-state index is -0.244. The number of ether oxygens (including phenoxy) is 1. The van der Waals surface area contributed by atoms with Gasteiger partial charge in [0.2, 0.25) is 0 Å². The number of benzene rings is 1. The average molecular weight is 258 g/mol. The number of rotatable bonds is 7. The molecule has 0 saturated heterocycles. The monoisotopic (exact) mass is 258 g/mol. The Bertz CT molecular complexity index is 435. The first-order chi connectivity index (χ1) is 9.27. The van der Waals surface area contributed by atoms with Gasteiger partial charge in [0, 0.05) is 5.56 Å². The van der Waals surface area contributed by atoms with E-state index in [1.165, 1.54) is 19.3 Å². The molecule has 0 heterocycles. The molecule has 0 aromatic heterocycles. The van der Waals surface area contributed by atoms with Crippen molar-refractivity contribution < 1.29 is 9.53 Å². The van der Waals surface area contributed by atoms with Gasteiger partial charge in [0.25, 0.3) is 0 Å². The van der Waals surface area contributed by atoms with Crippen LogP contribution < -0.4 is 0 Å². The lowest BCUT2D eigenvalue weighted by Gasteiger charge is -2.04. The highest BCUT2D eigenvalue weighted by Gasteiger charge is 2.05. The molecule has 2 nitrogen and oxygen atoms in total. The summed E-state index contributed by atoms with van der Waals surface area (Å²) < 4.78 is 5.23. The maximum Gasteiger partial charge on any atom is 0.338 e. The van der Waals surface area contributed by atoms with Crippen molar-refractivity contribution in [2.75, 3.05) is 6.61 Å². The van der Waals surface area contributed by atoms with Crippen LogP contribution in [0.1, 0.15) is 61.9 Å². The molecule has 1 rings (SSSR count). The Labute approximate surface area is 116 Å². The molecule has 19 heavy (non-hydrogen) atoms. The molecular formula is C17H22O2. The van der Waals surface area contributed by atoms with Crippen LogP contribution in [0.15, 0.2) is 24.3 Å². The third-order valence-electron chi connectivity index (χ3n) is 2.87. The van der Waals surface area contributed by atoms with Crippen LogP contribution in [-0.4, -0.2) is 12.6 Å².